The average Bonchev–Trinajstić information content (AvgIpc) is 3.44. The van der Waals surface area contributed by atoms with Gasteiger partial charge < -0.3 is 15.8 Å². The second kappa shape index (κ2) is 10.3. The molecule has 0 amide bonds. The van der Waals surface area contributed by atoms with E-state index in [1.54, 1.807) is 0 Å². The minimum Gasteiger partial charge on any atom is -0.402 e. The van der Waals surface area contributed by atoms with E-state index in [1.165, 1.54) is 62.6 Å². The van der Waals surface area contributed by atoms with Crippen LogP contribution in [0.1, 0.15) is 83.2 Å². The van der Waals surface area contributed by atoms with Crippen LogP contribution in [-0.4, -0.2) is 30.3 Å². The smallest absolute Gasteiger partial charge is 0.0691 e. The first-order chi connectivity index (χ1) is 15.1. The normalized spacial score (nSPS) is 27.3. The zero-order chi connectivity index (χ0) is 21.6. The summed E-state index contributed by atoms with van der Waals surface area (Å²) in [4.78, 5) is 4.83. The number of aromatic nitrogens is 1. The molecule has 0 bridgehead atoms. The number of nitrogens with one attached hydrogen (secondary N) is 1. The first-order valence-electron chi connectivity index (χ1n) is 12.5. The Morgan fingerprint density at radius 1 is 1.19 bits per heavy atom. The average molecular weight is 424 g/mol. The first kappa shape index (κ1) is 22.5. The van der Waals surface area contributed by atoms with Gasteiger partial charge in [-0.25, -0.2) is 0 Å². The molecule has 4 nitrogen and oxygen atoms in total. The SMILES string of the molecule is C/C(N)=C/C(=C\C1CCCC1)CNCC[C@@]1(c2ccccn2)CCOC2(CCCC2)C1. The highest BCUT2D eigenvalue weighted by Crippen LogP contribution is 2.49. The number of hydrogen-bond acceptors (Lipinski definition) is 4. The van der Waals surface area contributed by atoms with Crippen molar-refractivity contribution in [3.05, 3.63) is 53.5 Å². The summed E-state index contributed by atoms with van der Waals surface area (Å²) in [7, 11) is 0. The Hall–Kier alpha value is -1.65. The molecule has 1 atom stereocenters. The van der Waals surface area contributed by atoms with Crippen molar-refractivity contribution in [2.24, 2.45) is 11.7 Å². The fourth-order valence-corrected chi connectivity index (χ4v) is 6.23. The Kier molecular flexibility index (Phi) is 7.50. The van der Waals surface area contributed by atoms with E-state index < -0.39 is 0 Å². The maximum Gasteiger partial charge on any atom is 0.0691 e. The summed E-state index contributed by atoms with van der Waals surface area (Å²) < 4.78 is 6.39. The van der Waals surface area contributed by atoms with E-state index in [1.807, 2.05) is 19.2 Å². The summed E-state index contributed by atoms with van der Waals surface area (Å²) in [6.45, 7) is 4.73. The topological polar surface area (TPSA) is 60.2 Å². The Morgan fingerprint density at radius 3 is 2.71 bits per heavy atom. The maximum absolute atomic E-state index is 6.39. The van der Waals surface area contributed by atoms with E-state index in [0.717, 1.165) is 50.6 Å². The Morgan fingerprint density at radius 2 is 2.00 bits per heavy atom. The van der Waals surface area contributed by atoms with Gasteiger partial charge >= 0.3 is 0 Å². The van der Waals surface area contributed by atoms with Crippen molar-refractivity contribution in [2.75, 3.05) is 19.7 Å². The number of rotatable bonds is 8. The fourth-order valence-electron chi connectivity index (χ4n) is 6.23. The van der Waals surface area contributed by atoms with Gasteiger partial charge in [0, 0.05) is 36.2 Å². The summed E-state index contributed by atoms with van der Waals surface area (Å²) in [6, 6.07) is 6.41. The Labute approximate surface area is 188 Å². The molecule has 170 valence electrons. The summed E-state index contributed by atoms with van der Waals surface area (Å²) in [6.07, 6.45) is 20.3. The van der Waals surface area contributed by atoms with Gasteiger partial charge in [0.15, 0.2) is 0 Å². The standard InChI is InChI=1S/C27H41N3O/c1-22(28)18-24(19-23-8-2-3-9-23)20-29-16-13-26(25-10-4-7-15-30-25)14-17-31-27(21-26)11-5-6-12-27/h4,7,10,15,18-19,23,29H,2-3,5-6,8-9,11-14,16-17,20-21,28H2,1H3/b22-18-,24-19+/t26-/m1/s1. The van der Waals surface area contributed by atoms with Crippen molar-refractivity contribution in [1.82, 2.24) is 10.3 Å². The highest BCUT2D eigenvalue weighted by atomic mass is 16.5. The number of ether oxygens (including phenoxy) is 1. The summed E-state index contributed by atoms with van der Waals surface area (Å²) in [5, 5.41) is 3.75. The minimum absolute atomic E-state index is 0.0860. The van der Waals surface area contributed by atoms with E-state index in [4.69, 9.17) is 15.5 Å². The van der Waals surface area contributed by atoms with Crippen LogP contribution in [0, 0.1) is 5.92 Å². The molecule has 1 aromatic heterocycles. The number of nitrogens with two attached hydrogens (primary N) is 1. The lowest BCUT2D eigenvalue weighted by Crippen LogP contribution is -2.47. The van der Waals surface area contributed by atoms with Gasteiger partial charge in [0.25, 0.3) is 0 Å². The van der Waals surface area contributed by atoms with Crippen molar-refractivity contribution in [2.45, 2.75) is 88.6 Å². The zero-order valence-electron chi connectivity index (χ0n) is 19.4. The summed E-state index contributed by atoms with van der Waals surface area (Å²) in [5.41, 5.74) is 9.72. The molecule has 2 saturated carbocycles. The number of pyridine rings is 1. The van der Waals surface area contributed by atoms with Crippen LogP contribution in [-0.2, 0) is 10.2 Å². The molecule has 4 heteroatoms. The predicted octanol–water partition coefficient (Wildman–Crippen LogP) is 5.40. The molecule has 3 N–H and O–H groups in total. The molecular formula is C27H41N3O. The van der Waals surface area contributed by atoms with Crippen LogP contribution in [0.5, 0.6) is 0 Å². The highest BCUT2D eigenvalue weighted by molar-refractivity contribution is 5.25. The zero-order valence-corrected chi connectivity index (χ0v) is 19.4. The van der Waals surface area contributed by atoms with E-state index in [0.29, 0.717) is 0 Å². The molecule has 1 spiro atoms. The van der Waals surface area contributed by atoms with Gasteiger partial charge in [0.1, 0.15) is 0 Å². The van der Waals surface area contributed by atoms with Crippen molar-refractivity contribution in [1.29, 1.82) is 0 Å². The lowest BCUT2D eigenvalue weighted by atomic mass is 9.68. The van der Waals surface area contributed by atoms with Crippen molar-refractivity contribution < 1.29 is 4.74 Å². The Bertz CT molecular complexity index is 756. The van der Waals surface area contributed by atoms with Gasteiger partial charge in [-0.2, -0.15) is 0 Å². The molecule has 1 aliphatic heterocycles. The number of nitrogens with zero attached hydrogens (tertiary/aromatic N) is 1. The van der Waals surface area contributed by atoms with Crippen LogP contribution in [0.15, 0.2) is 47.8 Å². The fraction of sp³-hybridized carbons (Fsp3) is 0.667. The van der Waals surface area contributed by atoms with Crippen molar-refractivity contribution in [3.63, 3.8) is 0 Å². The minimum atomic E-state index is 0.0860. The quantitative estimate of drug-likeness (QED) is 0.434. The maximum atomic E-state index is 6.39. The van der Waals surface area contributed by atoms with E-state index in [9.17, 15) is 0 Å². The molecule has 3 fully saturated rings. The molecular weight excluding hydrogens is 382 g/mol. The van der Waals surface area contributed by atoms with E-state index in [-0.39, 0.29) is 11.0 Å². The molecule has 0 radical (unpaired) electrons. The third kappa shape index (κ3) is 5.78. The molecule has 3 aliphatic rings. The van der Waals surface area contributed by atoms with Gasteiger partial charge in [-0.05, 0) is 88.1 Å². The largest absolute Gasteiger partial charge is 0.402 e. The molecule has 2 heterocycles. The van der Waals surface area contributed by atoms with Crippen LogP contribution < -0.4 is 11.1 Å². The van der Waals surface area contributed by atoms with Gasteiger partial charge in [-0.1, -0.05) is 37.8 Å². The monoisotopic (exact) mass is 423 g/mol. The van der Waals surface area contributed by atoms with Gasteiger partial charge in [-0.3, -0.25) is 4.98 Å². The van der Waals surface area contributed by atoms with Gasteiger partial charge in [0.05, 0.1) is 5.60 Å². The highest BCUT2D eigenvalue weighted by Gasteiger charge is 2.48. The third-order valence-electron chi connectivity index (χ3n) is 7.74. The lowest BCUT2D eigenvalue weighted by molar-refractivity contribution is -0.104. The first-order valence-corrected chi connectivity index (χ1v) is 12.5. The second-order valence-electron chi connectivity index (χ2n) is 10.3. The van der Waals surface area contributed by atoms with Gasteiger partial charge in [-0.15, -0.1) is 0 Å². The van der Waals surface area contributed by atoms with Crippen LogP contribution in [0.4, 0.5) is 0 Å². The molecule has 0 aromatic carbocycles. The Balaban J connectivity index is 1.42. The predicted molar refractivity (Wildman–Crippen MR) is 128 cm³/mol. The summed E-state index contributed by atoms with van der Waals surface area (Å²) in [5.74, 6) is 0.727. The summed E-state index contributed by atoms with van der Waals surface area (Å²) >= 11 is 0. The van der Waals surface area contributed by atoms with E-state index >= 15 is 0 Å². The molecule has 1 saturated heterocycles. The van der Waals surface area contributed by atoms with Crippen molar-refractivity contribution in [3.8, 4) is 0 Å². The second-order valence-corrected chi connectivity index (χ2v) is 10.3. The van der Waals surface area contributed by atoms with E-state index in [2.05, 4.69) is 29.6 Å². The third-order valence-corrected chi connectivity index (χ3v) is 7.74. The van der Waals surface area contributed by atoms with Crippen LogP contribution in [0.25, 0.3) is 0 Å². The molecule has 1 aromatic rings. The molecule has 0 unspecified atom stereocenters. The molecule has 2 aliphatic carbocycles. The number of hydrogen-bond donors (Lipinski definition) is 2. The molecule has 4 rings (SSSR count). The number of allylic oxidation sites excluding steroid dienone is 2. The van der Waals surface area contributed by atoms with Gasteiger partial charge in [0.2, 0.25) is 0 Å². The van der Waals surface area contributed by atoms with Crippen LogP contribution >= 0.6 is 0 Å². The van der Waals surface area contributed by atoms with Crippen LogP contribution in [0.3, 0.4) is 0 Å². The van der Waals surface area contributed by atoms with Crippen LogP contribution in [0.2, 0.25) is 0 Å². The lowest BCUT2D eigenvalue weighted by Gasteiger charge is -2.46. The van der Waals surface area contributed by atoms with Crippen molar-refractivity contribution >= 4 is 0 Å². The molecule has 31 heavy (non-hydrogen) atoms.